The van der Waals surface area contributed by atoms with Gasteiger partial charge in [0.05, 0.1) is 0 Å². The number of halogens is 1. The maximum Gasteiger partial charge on any atom is 0.222 e. The lowest BCUT2D eigenvalue weighted by Crippen LogP contribution is -2.41. The molecule has 0 saturated carbocycles. The highest BCUT2D eigenvalue weighted by Gasteiger charge is 2.23. The van der Waals surface area contributed by atoms with Gasteiger partial charge in [-0.2, -0.15) is 0 Å². The summed E-state index contributed by atoms with van der Waals surface area (Å²) in [6.45, 7) is 2.39. The fourth-order valence-electron chi connectivity index (χ4n) is 2.85. The molecular formula is C18H29ClN2O2. The normalized spacial score (nSPS) is 15.1. The molecule has 1 fully saturated rings. The van der Waals surface area contributed by atoms with Crippen LogP contribution in [0.15, 0.2) is 30.3 Å². The molecule has 2 rings (SSSR count). The monoisotopic (exact) mass is 340 g/mol. The summed E-state index contributed by atoms with van der Waals surface area (Å²) in [6, 6.07) is 9.93. The maximum absolute atomic E-state index is 12.2. The minimum Gasteiger partial charge on any atom is -0.490 e. The number of ether oxygens (including phenoxy) is 1. The number of rotatable bonds is 8. The summed E-state index contributed by atoms with van der Waals surface area (Å²) in [7, 11) is 0. The molecule has 5 heteroatoms. The largest absolute Gasteiger partial charge is 0.490 e. The zero-order valence-corrected chi connectivity index (χ0v) is 14.6. The van der Waals surface area contributed by atoms with E-state index in [9.17, 15) is 4.79 Å². The summed E-state index contributed by atoms with van der Waals surface area (Å²) in [5.74, 6) is 1.22. The summed E-state index contributed by atoms with van der Waals surface area (Å²) in [6.07, 6.45) is 7.05. The van der Waals surface area contributed by atoms with Crippen molar-refractivity contribution < 1.29 is 9.53 Å². The van der Waals surface area contributed by atoms with Crippen molar-refractivity contribution in [1.29, 1.82) is 0 Å². The van der Waals surface area contributed by atoms with Gasteiger partial charge in [0, 0.05) is 32.4 Å². The van der Waals surface area contributed by atoms with E-state index in [1.807, 2.05) is 35.2 Å². The fourth-order valence-corrected chi connectivity index (χ4v) is 2.85. The quantitative estimate of drug-likeness (QED) is 0.738. The van der Waals surface area contributed by atoms with Crippen LogP contribution in [-0.2, 0) is 4.79 Å². The first-order valence-electron chi connectivity index (χ1n) is 8.49. The van der Waals surface area contributed by atoms with Gasteiger partial charge in [-0.1, -0.05) is 31.0 Å². The third-order valence-electron chi connectivity index (χ3n) is 4.19. The van der Waals surface area contributed by atoms with Crippen molar-refractivity contribution in [1.82, 2.24) is 4.90 Å². The lowest BCUT2D eigenvalue weighted by Gasteiger charge is -2.32. The third kappa shape index (κ3) is 7.23. The summed E-state index contributed by atoms with van der Waals surface area (Å²) in [5, 5.41) is 0. The van der Waals surface area contributed by atoms with E-state index in [1.54, 1.807) is 0 Å². The number of hydrogen-bond donors (Lipinski definition) is 1. The van der Waals surface area contributed by atoms with Crippen molar-refractivity contribution in [2.45, 2.75) is 51.0 Å². The number of likely N-dealkylation sites (tertiary alicyclic amines) is 1. The predicted molar refractivity (Wildman–Crippen MR) is 96.1 cm³/mol. The number of hydrogen-bond acceptors (Lipinski definition) is 3. The van der Waals surface area contributed by atoms with E-state index in [2.05, 4.69) is 0 Å². The molecule has 0 atom stereocenters. The second-order valence-electron chi connectivity index (χ2n) is 5.96. The molecule has 23 heavy (non-hydrogen) atoms. The molecule has 1 amide bonds. The Morgan fingerprint density at radius 1 is 1.09 bits per heavy atom. The van der Waals surface area contributed by atoms with Gasteiger partial charge in [0.1, 0.15) is 11.9 Å². The van der Waals surface area contributed by atoms with E-state index in [1.165, 1.54) is 0 Å². The topological polar surface area (TPSA) is 55.6 Å². The lowest BCUT2D eigenvalue weighted by molar-refractivity contribution is -0.133. The van der Waals surface area contributed by atoms with Crippen molar-refractivity contribution in [2.75, 3.05) is 19.6 Å². The molecule has 2 N–H and O–H groups in total. The van der Waals surface area contributed by atoms with Crippen molar-refractivity contribution in [3.05, 3.63) is 30.3 Å². The van der Waals surface area contributed by atoms with E-state index >= 15 is 0 Å². The molecular weight excluding hydrogens is 312 g/mol. The SMILES string of the molecule is Cl.NCCCCCCC(=O)N1CCC(Oc2ccccc2)CC1. The first kappa shape index (κ1) is 19.8. The molecule has 4 nitrogen and oxygen atoms in total. The Kier molecular flexibility index (Phi) is 9.72. The van der Waals surface area contributed by atoms with Gasteiger partial charge >= 0.3 is 0 Å². The molecule has 1 saturated heterocycles. The van der Waals surface area contributed by atoms with Crippen LogP contribution in [0, 0.1) is 0 Å². The smallest absolute Gasteiger partial charge is 0.222 e. The molecule has 1 aliphatic rings. The van der Waals surface area contributed by atoms with Gasteiger partial charge < -0.3 is 15.4 Å². The third-order valence-corrected chi connectivity index (χ3v) is 4.19. The highest BCUT2D eigenvalue weighted by Crippen LogP contribution is 2.19. The number of nitrogens with two attached hydrogens (primary N) is 1. The Hall–Kier alpha value is -1.26. The van der Waals surface area contributed by atoms with Crippen LogP contribution >= 0.6 is 12.4 Å². The number of unbranched alkanes of at least 4 members (excludes halogenated alkanes) is 3. The Balaban J connectivity index is 0.00000264. The average Bonchev–Trinajstić information content (AvgIpc) is 2.56. The standard InChI is InChI=1S/C18H28N2O2.ClH/c19-13-7-2-1-6-10-18(21)20-14-11-17(12-15-20)22-16-8-4-3-5-9-16;/h3-5,8-9,17H,1-2,6-7,10-15,19H2;1H. The second-order valence-corrected chi connectivity index (χ2v) is 5.96. The number of nitrogens with zero attached hydrogens (tertiary/aromatic N) is 1. The van der Waals surface area contributed by atoms with Gasteiger partial charge in [0.15, 0.2) is 0 Å². The van der Waals surface area contributed by atoms with Crippen molar-refractivity contribution in [2.24, 2.45) is 5.73 Å². The van der Waals surface area contributed by atoms with Gasteiger partial charge in [0.2, 0.25) is 5.91 Å². The molecule has 0 radical (unpaired) electrons. The lowest BCUT2D eigenvalue weighted by atomic mass is 10.1. The molecule has 0 spiro atoms. The van der Waals surface area contributed by atoms with Crippen LogP contribution < -0.4 is 10.5 Å². The molecule has 130 valence electrons. The molecule has 1 aromatic carbocycles. The van der Waals surface area contributed by atoms with Crippen molar-refractivity contribution in [3.8, 4) is 5.75 Å². The van der Waals surface area contributed by atoms with Gasteiger partial charge in [0.25, 0.3) is 0 Å². The van der Waals surface area contributed by atoms with Crippen LogP contribution in [0.4, 0.5) is 0 Å². The first-order valence-corrected chi connectivity index (χ1v) is 8.49. The number of amides is 1. The first-order chi connectivity index (χ1) is 10.8. The predicted octanol–water partition coefficient (Wildman–Crippen LogP) is 3.39. The van der Waals surface area contributed by atoms with Crippen LogP contribution in [0.1, 0.15) is 44.9 Å². The molecule has 1 aromatic rings. The Labute approximate surface area is 145 Å². The minimum absolute atomic E-state index is 0. The van der Waals surface area contributed by atoms with E-state index in [0.29, 0.717) is 12.3 Å². The minimum atomic E-state index is 0. The summed E-state index contributed by atoms with van der Waals surface area (Å²) < 4.78 is 5.96. The fraction of sp³-hybridized carbons (Fsp3) is 0.611. The molecule has 0 aliphatic carbocycles. The molecule has 0 aromatic heterocycles. The Morgan fingerprint density at radius 3 is 2.39 bits per heavy atom. The Bertz CT molecular complexity index is 434. The van der Waals surface area contributed by atoms with E-state index in [-0.39, 0.29) is 18.5 Å². The van der Waals surface area contributed by atoms with E-state index in [0.717, 1.165) is 63.9 Å². The highest BCUT2D eigenvalue weighted by atomic mass is 35.5. The van der Waals surface area contributed by atoms with Gasteiger partial charge in [-0.05, 0) is 31.5 Å². The second kappa shape index (κ2) is 11.3. The van der Waals surface area contributed by atoms with Crippen molar-refractivity contribution in [3.63, 3.8) is 0 Å². The van der Waals surface area contributed by atoms with Crippen LogP contribution in [0.2, 0.25) is 0 Å². The van der Waals surface area contributed by atoms with Crippen LogP contribution in [0.5, 0.6) is 5.75 Å². The van der Waals surface area contributed by atoms with E-state index in [4.69, 9.17) is 10.5 Å². The van der Waals surface area contributed by atoms with Crippen LogP contribution in [0.25, 0.3) is 0 Å². The van der Waals surface area contributed by atoms with Crippen LogP contribution in [0.3, 0.4) is 0 Å². The number of piperidine rings is 1. The highest BCUT2D eigenvalue weighted by molar-refractivity contribution is 5.85. The maximum atomic E-state index is 12.2. The molecule has 1 heterocycles. The number of carbonyl (C=O) groups excluding carboxylic acids is 1. The zero-order valence-electron chi connectivity index (χ0n) is 13.8. The van der Waals surface area contributed by atoms with Gasteiger partial charge in [-0.3, -0.25) is 4.79 Å². The number of carbonyl (C=O) groups is 1. The number of para-hydroxylation sites is 1. The molecule has 0 bridgehead atoms. The van der Waals surface area contributed by atoms with Gasteiger partial charge in [-0.25, -0.2) is 0 Å². The van der Waals surface area contributed by atoms with E-state index < -0.39 is 0 Å². The van der Waals surface area contributed by atoms with Crippen molar-refractivity contribution >= 4 is 18.3 Å². The zero-order chi connectivity index (χ0) is 15.6. The summed E-state index contributed by atoms with van der Waals surface area (Å²) in [4.78, 5) is 14.2. The summed E-state index contributed by atoms with van der Waals surface area (Å²) in [5.41, 5.74) is 5.47. The molecule has 0 unspecified atom stereocenters. The average molecular weight is 341 g/mol. The van der Waals surface area contributed by atoms with Crippen LogP contribution in [-0.4, -0.2) is 36.5 Å². The number of benzene rings is 1. The van der Waals surface area contributed by atoms with Gasteiger partial charge in [-0.15, -0.1) is 12.4 Å². The summed E-state index contributed by atoms with van der Waals surface area (Å²) >= 11 is 0. The Morgan fingerprint density at radius 2 is 1.74 bits per heavy atom. The molecule has 1 aliphatic heterocycles.